The fourth-order valence-electron chi connectivity index (χ4n) is 3.93. The summed E-state index contributed by atoms with van der Waals surface area (Å²) in [6.45, 7) is 0.293. The van der Waals surface area contributed by atoms with Crippen LogP contribution in [0.15, 0.2) is 60.7 Å². The molecule has 2 N–H and O–H groups in total. The van der Waals surface area contributed by atoms with Crippen molar-refractivity contribution in [2.45, 2.75) is 42.7 Å². The fourth-order valence-corrected chi connectivity index (χ4v) is 6.62. The summed E-state index contributed by atoms with van der Waals surface area (Å²) in [6.07, 6.45) is 2.07. The molecule has 6 nitrogen and oxygen atoms in total. The van der Waals surface area contributed by atoms with Crippen molar-refractivity contribution in [1.82, 2.24) is 4.90 Å². The van der Waals surface area contributed by atoms with Crippen LogP contribution in [0.1, 0.15) is 30.4 Å². The minimum Gasteiger partial charge on any atom is -0.480 e. The Bertz CT molecular complexity index is 940. The molecule has 0 saturated carbocycles. The van der Waals surface area contributed by atoms with E-state index in [1.165, 1.54) is 10.5 Å². The van der Waals surface area contributed by atoms with Gasteiger partial charge in [-0.1, -0.05) is 60.7 Å². The van der Waals surface area contributed by atoms with E-state index in [9.17, 15) is 24.2 Å². The molecule has 0 bridgehead atoms. The summed E-state index contributed by atoms with van der Waals surface area (Å²) >= 11 is 1.62. The molecule has 2 aromatic carbocycles. The van der Waals surface area contributed by atoms with Crippen molar-refractivity contribution in [3.8, 4) is 0 Å². The average Bonchev–Trinajstić information content (AvgIpc) is 3.22. The lowest BCUT2D eigenvalue weighted by atomic mass is 10.1. The van der Waals surface area contributed by atoms with Gasteiger partial charge in [0.1, 0.15) is 12.2 Å². The molecule has 2 aromatic rings. The number of hydrogen-bond acceptors (Lipinski definition) is 4. The van der Waals surface area contributed by atoms with Crippen LogP contribution in [0.3, 0.4) is 0 Å². The molecule has 1 aliphatic heterocycles. The molecule has 1 fully saturated rings. The van der Waals surface area contributed by atoms with Crippen LogP contribution in [0.25, 0.3) is 0 Å². The summed E-state index contributed by atoms with van der Waals surface area (Å²) < 4.78 is 12.6. The molecule has 1 amide bonds. The predicted molar refractivity (Wildman–Crippen MR) is 128 cm³/mol. The van der Waals surface area contributed by atoms with Gasteiger partial charge < -0.3 is 14.9 Å². The topological polar surface area (TPSA) is 94.9 Å². The maximum Gasteiger partial charge on any atom is 0.326 e. The van der Waals surface area contributed by atoms with Gasteiger partial charge in [0.2, 0.25) is 13.3 Å². The van der Waals surface area contributed by atoms with E-state index in [0.717, 1.165) is 24.2 Å². The fraction of sp³-hybridized carbons (Fsp3) is 0.417. The van der Waals surface area contributed by atoms with E-state index >= 15 is 0 Å². The number of rotatable bonds is 11. The van der Waals surface area contributed by atoms with Crippen molar-refractivity contribution in [2.75, 3.05) is 18.9 Å². The van der Waals surface area contributed by atoms with Crippen molar-refractivity contribution in [2.24, 2.45) is 0 Å². The zero-order chi connectivity index (χ0) is 23.0. The highest BCUT2D eigenvalue weighted by Crippen LogP contribution is 2.42. The summed E-state index contributed by atoms with van der Waals surface area (Å²) in [4.78, 5) is 36.1. The lowest BCUT2D eigenvalue weighted by Gasteiger charge is -2.23. The molecule has 32 heavy (non-hydrogen) atoms. The van der Waals surface area contributed by atoms with Gasteiger partial charge in [-0.25, -0.2) is 4.79 Å². The number of likely N-dealkylation sites (tertiary alicyclic amines) is 1. The largest absolute Gasteiger partial charge is 0.480 e. The Kier molecular flexibility index (Phi) is 8.97. The van der Waals surface area contributed by atoms with Crippen molar-refractivity contribution in [1.29, 1.82) is 0 Å². The summed E-state index contributed by atoms with van der Waals surface area (Å²) in [5.74, 6) is -0.856. The normalized spacial score (nSPS) is 20.1. The van der Waals surface area contributed by atoms with Gasteiger partial charge in [0.25, 0.3) is 0 Å². The summed E-state index contributed by atoms with van der Waals surface area (Å²) in [7, 11) is -3.65. The molecule has 1 saturated heterocycles. The van der Waals surface area contributed by atoms with E-state index in [-0.39, 0.29) is 11.4 Å². The van der Waals surface area contributed by atoms with Crippen LogP contribution >= 0.6 is 19.1 Å². The van der Waals surface area contributed by atoms with E-state index in [2.05, 4.69) is 0 Å². The van der Waals surface area contributed by atoms with Crippen molar-refractivity contribution >= 4 is 31.0 Å². The van der Waals surface area contributed by atoms with Crippen LogP contribution in [-0.2, 0) is 26.3 Å². The number of amides is 1. The lowest BCUT2D eigenvalue weighted by Crippen LogP contribution is -2.42. The van der Waals surface area contributed by atoms with Crippen LogP contribution in [0.5, 0.6) is 0 Å². The Balaban J connectivity index is 1.48. The van der Waals surface area contributed by atoms with E-state index in [0.29, 0.717) is 19.4 Å². The Hall–Kier alpha value is -2.08. The van der Waals surface area contributed by atoms with Gasteiger partial charge in [0.05, 0.1) is 0 Å². The molecule has 172 valence electrons. The first-order valence-electron chi connectivity index (χ1n) is 10.9. The van der Waals surface area contributed by atoms with Gasteiger partial charge in [-0.15, -0.1) is 0 Å². The number of unbranched alkanes of at least 4 members (excludes halogenated alkanes) is 1. The number of carbonyl (C=O) groups excluding carboxylic acids is 1. The Morgan fingerprint density at radius 3 is 2.25 bits per heavy atom. The molecule has 3 rings (SSSR count). The van der Waals surface area contributed by atoms with Gasteiger partial charge in [0.15, 0.2) is 0 Å². The quantitative estimate of drug-likeness (QED) is 0.372. The highest BCUT2D eigenvalue weighted by atomic mass is 32.2. The van der Waals surface area contributed by atoms with Crippen molar-refractivity contribution < 1.29 is 24.2 Å². The number of thioether (sulfide) groups is 1. The molecule has 2 unspecified atom stereocenters. The highest BCUT2D eigenvalue weighted by molar-refractivity contribution is 7.99. The lowest BCUT2D eigenvalue weighted by molar-refractivity contribution is -0.147. The summed E-state index contributed by atoms with van der Waals surface area (Å²) in [5, 5.41) is 9.57. The van der Waals surface area contributed by atoms with Gasteiger partial charge in [-0.2, -0.15) is 11.8 Å². The zero-order valence-corrected chi connectivity index (χ0v) is 19.7. The predicted octanol–water partition coefficient (Wildman–Crippen LogP) is 4.27. The minimum atomic E-state index is -3.65. The molecule has 0 aromatic heterocycles. The van der Waals surface area contributed by atoms with E-state index in [1.807, 2.05) is 60.7 Å². The zero-order valence-electron chi connectivity index (χ0n) is 18.0. The smallest absolute Gasteiger partial charge is 0.326 e. The summed E-state index contributed by atoms with van der Waals surface area (Å²) in [6, 6.07) is 18.9. The third kappa shape index (κ3) is 7.51. The number of nitrogens with zero attached hydrogens (tertiary/aromatic N) is 1. The second-order valence-electron chi connectivity index (χ2n) is 8.23. The first-order valence-corrected chi connectivity index (χ1v) is 13.9. The van der Waals surface area contributed by atoms with Gasteiger partial charge in [-0.05, 0) is 36.8 Å². The minimum absolute atomic E-state index is 0.00999. The monoisotopic (exact) mass is 475 g/mol. The van der Waals surface area contributed by atoms with Crippen LogP contribution in [0.2, 0.25) is 0 Å². The van der Waals surface area contributed by atoms with Gasteiger partial charge in [-0.3, -0.25) is 9.36 Å². The number of carboxylic acid groups (broad SMARTS) is 1. The molecule has 0 radical (unpaired) electrons. The standard InChI is InChI=1S/C24H30NO5PS/c26-23(17-31(29,30)14-8-7-11-19-9-3-1-4-10-19)25-16-21(15-22(25)24(27)28)32-18-20-12-5-2-6-13-20/h1-6,9-10,12-13,21-22H,7-8,11,14-18H2,(H,27,28)(H,29,30)/t21?,22-/m0/s1. The molecule has 0 spiro atoms. The first kappa shape index (κ1) is 24.6. The van der Waals surface area contributed by atoms with Gasteiger partial charge in [0, 0.05) is 23.7 Å². The maximum absolute atomic E-state index is 12.8. The molecule has 3 atom stereocenters. The number of benzene rings is 2. The number of aryl methyl sites for hydroxylation is 1. The first-order chi connectivity index (χ1) is 15.3. The van der Waals surface area contributed by atoms with Gasteiger partial charge >= 0.3 is 5.97 Å². The van der Waals surface area contributed by atoms with E-state index in [1.54, 1.807) is 11.8 Å². The van der Waals surface area contributed by atoms with E-state index in [4.69, 9.17) is 0 Å². The summed E-state index contributed by atoms with van der Waals surface area (Å²) in [5.41, 5.74) is 2.32. The van der Waals surface area contributed by atoms with Crippen molar-refractivity contribution in [3.63, 3.8) is 0 Å². The molecule has 0 aliphatic carbocycles. The highest BCUT2D eigenvalue weighted by Gasteiger charge is 2.41. The Morgan fingerprint density at radius 1 is 1.00 bits per heavy atom. The van der Waals surface area contributed by atoms with Crippen LogP contribution < -0.4 is 0 Å². The number of hydrogen-bond donors (Lipinski definition) is 2. The molecular weight excluding hydrogens is 445 g/mol. The Morgan fingerprint density at radius 2 is 1.62 bits per heavy atom. The third-order valence-electron chi connectivity index (χ3n) is 5.64. The third-order valence-corrected chi connectivity index (χ3v) is 8.74. The molecule has 8 heteroatoms. The van der Waals surface area contributed by atoms with E-state index < -0.39 is 31.4 Å². The number of carboxylic acids is 1. The average molecular weight is 476 g/mol. The molecular formula is C24H30NO5PS. The number of aliphatic carboxylic acids is 1. The Labute approximate surface area is 193 Å². The SMILES string of the molecule is O=C(O)[C@@H]1CC(SCc2ccccc2)CN1C(=O)CP(=O)(O)CCCCc1ccccc1. The number of carbonyl (C=O) groups is 2. The second kappa shape index (κ2) is 11.7. The molecule has 1 heterocycles. The van der Waals surface area contributed by atoms with Crippen LogP contribution in [0.4, 0.5) is 0 Å². The molecule has 1 aliphatic rings. The van der Waals surface area contributed by atoms with Crippen LogP contribution in [-0.4, -0.2) is 56.9 Å². The van der Waals surface area contributed by atoms with Crippen molar-refractivity contribution in [3.05, 3.63) is 71.8 Å². The maximum atomic E-state index is 12.8. The van der Waals surface area contributed by atoms with Crippen LogP contribution in [0, 0.1) is 0 Å². The second-order valence-corrected chi connectivity index (χ2v) is 12.0.